The highest BCUT2D eigenvalue weighted by molar-refractivity contribution is 6.30. The Balaban J connectivity index is 1.80. The lowest BCUT2D eigenvalue weighted by molar-refractivity contribution is -0.0504. The number of aromatic nitrogens is 2. The van der Waals surface area contributed by atoms with Crippen molar-refractivity contribution in [2.75, 3.05) is 0 Å². The van der Waals surface area contributed by atoms with Crippen molar-refractivity contribution in [2.45, 2.75) is 31.5 Å². The molecule has 3 atom stereocenters. The average molecular weight is 395 g/mol. The van der Waals surface area contributed by atoms with Gasteiger partial charge >= 0.3 is 0 Å². The third-order valence-electron chi connectivity index (χ3n) is 7.16. The Morgan fingerprint density at radius 2 is 1.60 bits per heavy atom. The number of rotatable bonds is 0. The van der Waals surface area contributed by atoms with Crippen LogP contribution in [0, 0.1) is 0 Å². The summed E-state index contributed by atoms with van der Waals surface area (Å²) in [6.07, 6.45) is -0.777. The van der Waals surface area contributed by atoms with Crippen LogP contribution >= 0.6 is 0 Å². The number of nitrogens with zero attached hydrogens (tertiary/aromatic N) is 2. The first-order valence-corrected chi connectivity index (χ1v) is 10.4. The number of benzene rings is 3. The van der Waals surface area contributed by atoms with E-state index < -0.39 is 12.3 Å². The van der Waals surface area contributed by atoms with Crippen LogP contribution in [0.1, 0.15) is 34.8 Å². The van der Waals surface area contributed by atoms with Gasteiger partial charge in [-0.2, -0.15) is 0 Å². The second kappa shape index (κ2) is 4.86. The predicted molar refractivity (Wildman–Crippen MR) is 113 cm³/mol. The normalized spacial score (nSPS) is 24.4. The molecule has 5 aromatic rings. The lowest BCUT2D eigenvalue weighted by Gasteiger charge is -2.18. The highest BCUT2D eigenvalue weighted by atomic mass is 16.5. The fourth-order valence-electron chi connectivity index (χ4n) is 6.10. The summed E-state index contributed by atoms with van der Waals surface area (Å²) in [4.78, 5) is 13.0. The van der Waals surface area contributed by atoms with Crippen molar-refractivity contribution in [3.8, 4) is 0 Å². The van der Waals surface area contributed by atoms with Gasteiger partial charge in [0.25, 0.3) is 5.91 Å². The molecule has 6 nitrogen and oxygen atoms in total. The number of para-hydroxylation sites is 2. The monoisotopic (exact) mass is 395 g/mol. The van der Waals surface area contributed by atoms with Crippen LogP contribution < -0.4 is 5.32 Å². The number of aliphatic hydroxyl groups is 1. The van der Waals surface area contributed by atoms with Gasteiger partial charge in [0.1, 0.15) is 12.3 Å². The van der Waals surface area contributed by atoms with E-state index in [1.165, 1.54) is 0 Å². The van der Waals surface area contributed by atoms with Gasteiger partial charge in [0.15, 0.2) is 6.23 Å². The zero-order valence-corrected chi connectivity index (χ0v) is 15.9. The zero-order valence-electron chi connectivity index (χ0n) is 15.9. The van der Waals surface area contributed by atoms with Gasteiger partial charge < -0.3 is 24.3 Å². The lowest BCUT2D eigenvalue weighted by Crippen LogP contribution is -2.19. The molecular weight excluding hydrogens is 378 g/mol. The van der Waals surface area contributed by atoms with Gasteiger partial charge in [-0.1, -0.05) is 36.4 Å². The maximum atomic E-state index is 13.0. The van der Waals surface area contributed by atoms with Crippen LogP contribution in [0.4, 0.5) is 0 Å². The molecule has 2 aromatic heterocycles. The molecule has 0 aliphatic carbocycles. The van der Waals surface area contributed by atoms with Gasteiger partial charge in [-0.25, -0.2) is 0 Å². The van der Waals surface area contributed by atoms with Gasteiger partial charge in [-0.3, -0.25) is 4.79 Å². The molecule has 0 spiro atoms. The number of ether oxygens (including phenoxy) is 1. The van der Waals surface area contributed by atoms with Crippen LogP contribution in [0.25, 0.3) is 43.6 Å². The summed E-state index contributed by atoms with van der Waals surface area (Å²) in [5, 5.41) is 18.3. The minimum atomic E-state index is -0.591. The summed E-state index contributed by atoms with van der Waals surface area (Å²) in [6.45, 7) is 0.519. The van der Waals surface area contributed by atoms with E-state index in [1.807, 2.05) is 24.3 Å². The molecule has 1 amide bonds. The molecule has 6 heteroatoms. The summed E-state index contributed by atoms with van der Waals surface area (Å²) >= 11 is 0. The third kappa shape index (κ3) is 1.51. The quantitative estimate of drug-likeness (QED) is 0.417. The number of aliphatic hydroxyl groups excluding tert-OH is 1. The molecule has 8 rings (SSSR count). The molecule has 0 saturated carbocycles. The summed E-state index contributed by atoms with van der Waals surface area (Å²) in [5.41, 5.74) is 6.01. The molecule has 2 bridgehead atoms. The SMILES string of the molecule is O=C1NCc2c1c1c3ccccc3n3c1c1c2c2ccccc2n1C1OC3CC1O. The molecule has 3 aliphatic heterocycles. The largest absolute Gasteiger partial charge is 0.388 e. The van der Waals surface area contributed by atoms with Gasteiger partial charge in [0.2, 0.25) is 0 Å². The van der Waals surface area contributed by atoms with Crippen LogP contribution in [0.2, 0.25) is 0 Å². The Morgan fingerprint density at radius 1 is 0.933 bits per heavy atom. The van der Waals surface area contributed by atoms with E-state index >= 15 is 0 Å². The molecule has 3 aromatic carbocycles. The second-order valence-electron chi connectivity index (χ2n) is 8.54. The summed E-state index contributed by atoms with van der Waals surface area (Å²) in [5.74, 6) is -0.0120. The Kier molecular flexibility index (Phi) is 2.51. The summed E-state index contributed by atoms with van der Waals surface area (Å²) in [7, 11) is 0. The molecule has 2 N–H and O–H groups in total. The summed E-state index contributed by atoms with van der Waals surface area (Å²) < 4.78 is 10.8. The number of hydrogen-bond acceptors (Lipinski definition) is 3. The van der Waals surface area contributed by atoms with E-state index in [0.717, 1.165) is 54.7 Å². The molecule has 146 valence electrons. The number of hydrogen-bond donors (Lipinski definition) is 2. The maximum absolute atomic E-state index is 13.0. The van der Waals surface area contributed by atoms with Crippen molar-refractivity contribution in [1.29, 1.82) is 0 Å². The van der Waals surface area contributed by atoms with Gasteiger partial charge in [0.05, 0.1) is 27.6 Å². The number of nitrogens with one attached hydrogen (secondary N) is 1. The fourth-order valence-corrected chi connectivity index (χ4v) is 6.10. The van der Waals surface area contributed by atoms with Crippen molar-refractivity contribution < 1.29 is 14.6 Å². The molecule has 5 heterocycles. The van der Waals surface area contributed by atoms with Crippen molar-refractivity contribution in [3.63, 3.8) is 0 Å². The van der Waals surface area contributed by atoms with Crippen molar-refractivity contribution in [2.24, 2.45) is 0 Å². The number of carbonyl (C=O) groups excluding carboxylic acids is 1. The van der Waals surface area contributed by atoms with Crippen LogP contribution in [0.3, 0.4) is 0 Å². The van der Waals surface area contributed by atoms with Crippen LogP contribution in [-0.4, -0.2) is 26.3 Å². The molecule has 30 heavy (non-hydrogen) atoms. The molecular formula is C24H17N3O3. The highest BCUT2D eigenvalue weighted by Gasteiger charge is 2.44. The molecule has 0 radical (unpaired) electrons. The van der Waals surface area contributed by atoms with Crippen LogP contribution in [0.5, 0.6) is 0 Å². The minimum Gasteiger partial charge on any atom is -0.388 e. The highest BCUT2D eigenvalue weighted by Crippen LogP contribution is 2.52. The third-order valence-corrected chi connectivity index (χ3v) is 7.16. The van der Waals surface area contributed by atoms with Crippen molar-refractivity contribution in [3.05, 3.63) is 59.7 Å². The Morgan fingerprint density at radius 3 is 2.40 bits per heavy atom. The number of fused-ring (bicyclic) bond motifs is 13. The van der Waals surface area contributed by atoms with E-state index in [0.29, 0.717) is 13.0 Å². The van der Waals surface area contributed by atoms with Crippen molar-refractivity contribution >= 4 is 49.5 Å². The first-order chi connectivity index (χ1) is 14.7. The predicted octanol–water partition coefficient (Wildman–Crippen LogP) is 3.94. The Labute approximate surface area is 170 Å². The van der Waals surface area contributed by atoms with E-state index in [9.17, 15) is 9.90 Å². The zero-order chi connectivity index (χ0) is 19.7. The smallest absolute Gasteiger partial charge is 0.252 e. The van der Waals surface area contributed by atoms with Gasteiger partial charge in [0, 0.05) is 34.5 Å². The number of carbonyl (C=O) groups is 1. The molecule has 1 saturated heterocycles. The van der Waals surface area contributed by atoms with E-state index in [4.69, 9.17) is 4.74 Å². The van der Waals surface area contributed by atoms with Crippen molar-refractivity contribution in [1.82, 2.24) is 14.5 Å². The number of amides is 1. The second-order valence-corrected chi connectivity index (χ2v) is 8.54. The van der Waals surface area contributed by atoms with Crippen LogP contribution in [0.15, 0.2) is 48.5 Å². The van der Waals surface area contributed by atoms with Gasteiger partial charge in [-0.15, -0.1) is 0 Å². The van der Waals surface area contributed by atoms with E-state index in [2.05, 4.69) is 38.7 Å². The summed E-state index contributed by atoms with van der Waals surface area (Å²) in [6, 6.07) is 16.4. The Hall–Kier alpha value is -3.35. The fraction of sp³-hybridized carbons (Fsp3) is 0.208. The van der Waals surface area contributed by atoms with E-state index in [1.54, 1.807) is 0 Å². The lowest BCUT2D eigenvalue weighted by atomic mass is 9.97. The van der Waals surface area contributed by atoms with Crippen LogP contribution in [-0.2, 0) is 11.3 Å². The topological polar surface area (TPSA) is 68.4 Å². The van der Waals surface area contributed by atoms with Gasteiger partial charge in [-0.05, 0) is 17.7 Å². The molecule has 3 aliphatic rings. The first kappa shape index (κ1) is 15.5. The molecule has 3 unspecified atom stereocenters. The molecule has 1 fully saturated rings. The standard InChI is InChI=1S/C24H17N3O3/c28-16-9-17-26-14-7-3-2-6-12(14)19-20-13(10-25-23(20)29)18-11-5-1-4-8-15(11)27(24(16)30-17)21(18)22(19)26/h1-8,16-17,24,28H,9-10H2,(H,25,29). The maximum Gasteiger partial charge on any atom is 0.252 e. The average Bonchev–Trinajstić information content (AvgIpc) is 3.46. The first-order valence-electron chi connectivity index (χ1n) is 10.4. The van der Waals surface area contributed by atoms with E-state index in [-0.39, 0.29) is 12.1 Å². The minimum absolute atomic E-state index is 0.0120. The Bertz CT molecular complexity index is 1610.